The van der Waals surface area contributed by atoms with Gasteiger partial charge < -0.3 is 9.47 Å². The summed E-state index contributed by atoms with van der Waals surface area (Å²) >= 11 is 0. The molecule has 0 saturated heterocycles. The second-order valence-corrected chi connectivity index (χ2v) is 6.21. The van der Waals surface area contributed by atoms with Gasteiger partial charge in [0.1, 0.15) is 0 Å². The summed E-state index contributed by atoms with van der Waals surface area (Å²) < 4.78 is 10.8. The Morgan fingerprint density at radius 2 is 1.39 bits per heavy atom. The zero-order valence-corrected chi connectivity index (χ0v) is 15.0. The Morgan fingerprint density at radius 3 is 1.87 bits per heavy atom. The van der Waals surface area contributed by atoms with Gasteiger partial charge in [-0.1, -0.05) is 46.5 Å². The molecule has 1 fully saturated rings. The second kappa shape index (κ2) is 11.3. The lowest BCUT2D eigenvalue weighted by atomic mass is 9.91. The SMILES string of the molecule is CCCCOC(=O)/C(CC)=C(\C(=O)OCCCC)C1CCCC1. The Labute approximate surface area is 140 Å². The van der Waals surface area contributed by atoms with Crippen molar-refractivity contribution in [3.63, 3.8) is 0 Å². The number of unbranched alkanes of at least 4 members (excludes halogenated alkanes) is 2. The molecule has 4 heteroatoms. The third-order valence-electron chi connectivity index (χ3n) is 4.37. The van der Waals surface area contributed by atoms with Gasteiger partial charge in [0.05, 0.1) is 18.8 Å². The molecule has 1 rings (SSSR count). The van der Waals surface area contributed by atoms with Crippen LogP contribution in [0.5, 0.6) is 0 Å². The lowest BCUT2D eigenvalue weighted by Crippen LogP contribution is -2.21. The van der Waals surface area contributed by atoms with Gasteiger partial charge in [-0.05, 0) is 38.0 Å². The van der Waals surface area contributed by atoms with Gasteiger partial charge in [0, 0.05) is 5.57 Å². The molecule has 0 atom stereocenters. The van der Waals surface area contributed by atoms with Crippen LogP contribution in [0.1, 0.15) is 78.6 Å². The molecule has 0 heterocycles. The Kier molecular flexibility index (Phi) is 9.65. The summed E-state index contributed by atoms with van der Waals surface area (Å²) in [6.07, 6.45) is 8.32. The van der Waals surface area contributed by atoms with Crippen LogP contribution in [0.2, 0.25) is 0 Å². The van der Waals surface area contributed by atoms with E-state index in [4.69, 9.17) is 9.47 Å². The molecule has 0 amide bonds. The lowest BCUT2D eigenvalue weighted by Gasteiger charge is -2.18. The summed E-state index contributed by atoms with van der Waals surface area (Å²) in [4.78, 5) is 24.9. The Bertz CT molecular complexity index is 406. The normalized spacial score (nSPS) is 16.1. The number of esters is 2. The first-order chi connectivity index (χ1) is 11.2. The highest BCUT2D eigenvalue weighted by Gasteiger charge is 2.31. The molecule has 132 valence electrons. The van der Waals surface area contributed by atoms with Gasteiger partial charge >= 0.3 is 11.9 Å². The fraction of sp³-hybridized carbons (Fsp3) is 0.789. The van der Waals surface area contributed by atoms with E-state index in [0.29, 0.717) is 30.8 Å². The van der Waals surface area contributed by atoms with Crippen LogP contribution in [0.15, 0.2) is 11.1 Å². The van der Waals surface area contributed by atoms with Gasteiger partial charge in [-0.15, -0.1) is 0 Å². The minimum atomic E-state index is -0.338. The minimum absolute atomic E-state index is 0.151. The lowest BCUT2D eigenvalue weighted by molar-refractivity contribution is -0.143. The van der Waals surface area contributed by atoms with E-state index in [9.17, 15) is 9.59 Å². The predicted octanol–water partition coefficient (Wildman–Crippen LogP) is 4.57. The second-order valence-electron chi connectivity index (χ2n) is 6.21. The molecule has 0 radical (unpaired) electrons. The molecule has 1 aliphatic carbocycles. The molecule has 0 spiro atoms. The van der Waals surface area contributed by atoms with Crippen LogP contribution in [-0.4, -0.2) is 25.2 Å². The van der Waals surface area contributed by atoms with Crippen LogP contribution in [0, 0.1) is 5.92 Å². The largest absolute Gasteiger partial charge is 0.462 e. The smallest absolute Gasteiger partial charge is 0.334 e. The molecule has 0 aromatic heterocycles. The van der Waals surface area contributed by atoms with Crippen molar-refractivity contribution in [2.45, 2.75) is 78.6 Å². The minimum Gasteiger partial charge on any atom is -0.462 e. The molecule has 0 bridgehead atoms. The van der Waals surface area contributed by atoms with Crippen molar-refractivity contribution < 1.29 is 19.1 Å². The van der Waals surface area contributed by atoms with E-state index in [1.165, 1.54) is 0 Å². The highest BCUT2D eigenvalue weighted by atomic mass is 16.5. The average molecular weight is 324 g/mol. The van der Waals surface area contributed by atoms with Crippen molar-refractivity contribution in [1.29, 1.82) is 0 Å². The number of hydrogen-bond donors (Lipinski definition) is 0. The van der Waals surface area contributed by atoms with Crippen LogP contribution in [-0.2, 0) is 19.1 Å². The van der Waals surface area contributed by atoms with Crippen molar-refractivity contribution in [2.75, 3.05) is 13.2 Å². The Balaban J connectivity index is 2.91. The summed E-state index contributed by atoms with van der Waals surface area (Å²) in [5, 5.41) is 0. The molecular formula is C19H32O4. The molecule has 0 aromatic carbocycles. The fourth-order valence-corrected chi connectivity index (χ4v) is 2.98. The van der Waals surface area contributed by atoms with Gasteiger partial charge in [0.2, 0.25) is 0 Å². The van der Waals surface area contributed by atoms with Gasteiger partial charge in [0.25, 0.3) is 0 Å². The maximum Gasteiger partial charge on any atom is 0.334 e. The monoisotopic (exact) mass is 324 g/mol. The van der Waals surface area contributed by atoms with Crippen molar-refractivity contribution in [2.24, 2.45) is 5.92 Å². The molecule has 0 aromatic rings. The van der Waals surface area contributed by atoms with Crippen LogP contribution < -0.4 is 0 Å². The first-order valence-corrected chi connectivity index (χ1v) is 9.22. The quantitative estimate of drug-likeness (QED) is 0.335. The summed E-state index contributed by atoms with van der Waals surface area (Å²) in [7, 11) is 0. The van der Waals surface area contributed by atoms with E-state index in [1.807, 2.05) is 6.92 Å². The topological polar surface area (TPSA) is 52.6 Å². The van der Waals surface area contributed by atoms with Crippen LogP contribution in [0.4, 0.5) is 0 Å². The highest BCUT2D eigenvalue weighted by molar-refractivity contribution is 6.00. The van der Waals surface area contributed by atoms with Gasteiger partial charge in [-0.25, -0.2) is 9.59 Å². The molecule has 1 saturated carbocycles. The van der Waals surface area contributed by atoms with Gasteiger partial charge in [-0.2, -0.15) is 0 Å². The van der Waals surface area contributed by atoms with Crippen molar-refractivity contribution in [3.8, 4) is 0 Å². The van der Waals surface area contributed by atoms with E-state index >= 15 is 0 Å². The fourth-order valence-electron chi connectivity index (χ4n) is 2.98. The number of rotatable bonds is 10. The van der Waals surface area contributed by atoms with Gasteiger partial charge in [0.15, 0.2) is 0 Å². The Morgan fingerprint density at radius 1 is 0.870 bits per heavy atom. The molecule has 23 heavy (non-hydrogen) atoms. The first kappa shape index (κ1) is 19.7. The summed E-state index contributed by atoms with van der Waals surface area (Å²) in [5.41, 5.74) is 1.11. The van der Waals surface area contributed by atoms with Crippen molar-refractivity contribution in [1.82, 2.24) is 0 Å². The number of carbonyl (C=O) groups excluding carboxylic acids is 2. The van der Waals surface area contributed by atoms with E-state index in [2.05, 4.69) is 13.8 Å². The molecule has 0 aliphatic heterocycles. The van der Waals surface area contributed by atoms with Gasteiger partial charge in [-0.3, -0.25) is 0 Å². The summed E-state index contributed by atoms with van der Waals surface area (Å²) in [6, 6.07) is 0. The maximum absolute atomic E-state index is 12.6. The molecule has 0 unspecified atom stereocenters. The first-order valence-electron chi connectivity index (χ1n) is 9.22. The van der Waals surface area contributed by atoms with E-state index in [0.717, 1.165) is 51.4 Å². The standard InChI is InChI=1S/C19H32O4/c1-4-7-13-22-18(20)16(6-3)17(15-11-9-10-12-15)19(21)23-14-8-5-2/h15H,4-14H2,1-3H3/b17-16-. The van der Waals surface area contributed by atoms with Crippen molar-refractivity contribution >= 4 is 11.9 Å². The summed E-state index contributed by atoms with van der Waals surface area (Å²) in [5.74, 6) is -0.497. The zero-order chi connectivity index (χ0) is 17.1. The average Bonchev–Trinajstić information content (AvgIpc) is 3.06. The zero-order valence-electron chi connectivity index (χ0n) is 15.0. The number of hydrogen-bond acceptors (Lipinski definition) is 4. The van der Waals surface area contributed by atoms with E-state index in [-0.39, 0.29) is 17.9 Å². The highest BCUT2D eigenvalue weighted by Crippen LogP contribution is 2.34. The van der Waals surface area contributed by atoms with Crippen LogP contribution >= 0.6 is 0 Å². The van der Waals surface area contributed by atoms with Crippen LogP contribution in [0.3, 0.4) is 0 Å². The van der Waals surface area contributed by atoms with E-state index in [1.54, 1.807) is 0 Å². The molecule has 1 aliphatic rings. The third kappa shape index (κ3) is 6.36. The maximum atomic E-state index is 12.6. The van der Waals surface area contributed by atoms with Crippen molar-refractivity contribution in [3.05, 3.63) is 11.1 Å². The number of carbonyl (C=O) groups is 2. The Hall–Kier alpha value is -1.32. The molecule has 4 nitrogen and oxygen atoms in total. The summed E-state index contributed by atoms with van der Waals surface area (Å²) in [6.45, 7) is 6.86. The van der Waals surface area contributed by atoms with E-state index < -0.39 is 0 Å². The molecule has 0 N–H and O–H groups in total. The predicted molar refractivity (Wildman–Crippen MR) is 91.0 cm³/mol. The third-order valence-corrected chi connectivity index (χ3v) is 4.37. The number of ether oxygens (including phenoxy) is 2. The molecular weight excluding hydrogens is 292 g/mol. The van der Waals surface area contributed by atoms with Crippen LogP contribution in [0.25, 0.3) is 0 Å².